The molecule has 2 N–H and O–H groups in total. The van der Waals surface area contributed by atoms with Gasteiger partial charge in [-0.15, -0.1) is 34.2 Å². The highest BCUT2D eigenvalue weighted by molar-refractivity contribution is 14.0. The van der Waals surface area contributed by atoms with E-state index in [4.69, 9.17) is 4.74 Å². The van der Waals surface area contributed by atoms with Crippen molar-refractivity contribution in [3.05, 3.63) is 59.5 Å². The molecule has 1 aromatic carbocycles. The monoisotopic (exact) mass is 508 g/mol. The van der Waals surface area contributed by atoms with Crippen LogP contribution in [0.4, 0.5) is 0 Å². The van der Waals surface area contributed by atoms with Gasteiger partial charge in [-0.05, 0) is 49.1 Å². The molecule has 0 aliphatic carbocycles. The van der Waals surface area contributed by atoms with Crippen LogP contribution >= 0.6 is 24.0 Å². The third-order valence-electron chi connectivity index (χ3n) is 4.66. The van der Waals surface area contributed by atoms with Crippen LogP contribution in [0.2, 0.25) is 0 Å². The molecule has 0 saturated heterocycles. The Kier molecular flexibility index (Phi) is 9.17. The number of hydrogen-bond donors (Lipinski definition) is 2. The number of fused-ring (bicyclic) bond motifs is 1. The van der Waals surface area contributed by atoms with Crippen molar-refractivity contribution in [1.82, 2.24) is 25.2 Å². The topological polar surface area (TPSA) is 75.8 Å². The number of hydrogen-bond acceptors (Lipinski definition) is 4. The van der Waals surface area contributed by atoms with E-state index < -0.39 is 0 Å². The van der Waals surface area contributed by atoms with E-state index in [0.29, 0.717) is 0 Å². The highest BCUT2D eigenvalue weighted by atomic mass is 127. The molecule has 0 spiro atoms. The number of methoxy groups -OCH3 is 1. The molecule has 0 bridgehead atoms. The minimum Gasteiger partial charge on any atom is -0.496 e. The van der Waals surface area contributed by atoms with Gasteiger partial charge in [-0.25, -0.2) is 0 Å². The van der Waals surface area contributed by atoms with Crippen LogP contribution in [-0.4, -0.2) is 47.8 Å². The molecule has 0 atom stereocenters. The van der Waals surface area contributed by atoms with E-state index >= 15 is 0 Å². The van der Waals surface area contributed by atoms with Crippen molar-refractivity contribution in [3.63, 3.8) is 0 Å². The second-order valence-corrected chi connectivity index (χ2v) is 6.63. The zero-order valence-electron chi connectivity index (χ0n) is 17.2. The number of rotatable bonds is 8. The predicted molar refractivity (Wildman–Crippen MR) is 128 cm³/mol. The molecule has 0 aliphatic heterocycles. The van der Waals surface area contributed by atoms with E-state index in [1.54, 1.807) is 14.2 Å². The molecule has 0 radical (unpaired) electrons. The van der Waals surface area contributed by atoms with Crippen molar-refractivity contribution in [2.24, 2.45) is 4.99 Å². The Bertz CT molecular complexity index is 940. The molecule has 0 fully saturated rings. The van der Waals surface area contributed by atoms with Crippen LogP contribution in [0.15, 0.2) is 47.6 Å². The van der Waals surface area contributed by atoms with Gasteiger partial charge in [-0.1, -0.05) is 18.2 Å². The molecule has 0 aliphatic rings. The van der Waals surface area contributed by atoms with Crippen LogP contribution in [-0.2, 0) is 12.8 Å². The second-order valence-electron chi connectivity index (χ2n) is 6.63. The van der Waals surface area contributed by atoms with E-state index in [0.717, 1.165) is 61.1 Å². The fraction of sp³-hybridized carbons (Fsp3) is 0.381. The minimum absolute atomic E-state index is 0. The third kappa shape index (κ3) is 6.31. The summed E-state index contributed by atoms with van der Waals surface area (Å²) in [6, 6.07) is 12.2. The first-order chi connectivity index (χ1) is 13.7. The summed E-state index contributed by atoms with van der Waals surface area (Å²) in [5, 5.41) is 15.2. The number of benzene rings is 1. The lowest BCUT2D eigenvalue weighted by Gasteiger charge is -2.12. The first kappa shape index (κ1) is 22.9. The first-order valence-corrected chi connectivity index (χ1v) is 9.58. The molecular formula is C21H29IN6O. The van der Waals surface area contributed by atoms with Gasteiger partial charge < -0.3 is 15.4 Å². The summed E-state index contributed by atoms with van der Waals surface area (Å²) < 4.78 is 7.42. The summed E-state index contributed by atoms with van der Waals surface area (Å²) >= 11 is 0. The molecule has 3 rings (SSSR count). The van der Waals surface area contributed by atoms with Crippen molar-refractivity contribution >= 4 is 35.6 Å². The predicted octanol–water partition coefficient (Wildman–Crippen LogP) is 3.00. The standard InChI is InChI=1S/C21H28N6O.HI/c1-16-9-10-17(15-18(16)28-3)11-13-24-21(22-2)23-12-6-8-20-26-25-19-7-4-5-14-27(19)20;/h4-5,7,9-10,14-15H,6,8,11-13H2,1-3H3,(H2,22,23,24);1H. The van der Waals surface area contributed by atoms with Crippen LogP contribution in [0, 0.1) is 6.92 Å². The molecule has 29 heavy (non-hydrogen) atoms. The lowest BCUT2D eigenvalue weighted by Crippen LogP contribution is -2.38. The normalized spacial score (nSPS) is 11.2. The largest absolute Gasteiger partial charge is 0.496 e. The Labute approximate surface area is 189 Å². The summed E-state index contributed by atoms with van der Waals surface area (Å²) in [7, 11) is 3.49. The second kappa shape index (κ2) is 11.6. The number of nitrogens with one attached hydrogen (secondary N) is 2. The fourth-order valence-corrected chi connectivity index (χ4v) is 3.08. The molecule has 0 amide bonds. The summed E-state index contributed by atoms with van der Waals surface area (Å²) in [5.41, 5.74) is 3.27. The zero-order valence-corrected chi connectivity index (χ0v) is 19.5. The Morgan fingerprint density at radius 1 is 1.10 bits per heavy atom. The highest BCUT2D eigenvalue weighted by Gasteiger charge is 2.05. The van der Waals surface area contributed by atoms with Gasteiger partial charge in [0.25, 0.3) is 0 Å². The van der Waals surface area contributed by atoms with Crippen LogP contribution in [0.3, 0.4) is 0 Å². The Morgan fingerprint density at radius 2 is 1.93 bits per heavy atom. The summed E-state index contributed by atoms with van der Waals surface area (Å²) in [6.45, 7) is 3.68. The van der Waals surface area contributed by atoms with Crippen LogP contribution in [0.1, 0.15) is 23.4 Å². The quantitative estimate of drug-likeness (QED) is 0.212. The number of aromatic nitrogens is 3. The number of nitrogens with zero attached hydrogens (tertiary/aromatic N) is 4. The van der Waals surface area contributed by atoms with Gasteiger partial charge in [0.1, 0.15) is 11.6 Å². The van der Waals surface area contributed by atoms with Gasteiger partial charge in [0.2, 0.25) is 0 Å². The van der Waals surface area contributed by atoms with Gasteiger partial charge in [0, 0.05) is 32.8 Å². The molecule has 3 aromatic rings. The van der Waals surface area contributed by atoms with Crippen LogP contribution in [0.5, 0.6) is 5.75 Å². The number of aliphatic imine (C=N–C) groups is 1. The molecule has 0 unspecified atom stereocenters. The van der Waals surface area contributed by atoms with Gasteiger partial charge in [0.15, 0.2) is 11.6 Å². The maximum Gasteiger partial charge on any atom is 0.190 e. The highest BCUT2D eigenvalue weighted by Crippen LogP contribution is 2.18. The molecule has 7 nitrogen and oxygen atoms in total. The average Bonchev–Trinajstić information content (AvgIpc) is 3.14. The van der Waals surface area contributed by atoms with E-state index in [9.17, 15) is 0 Å². The van der Waals surface area contributed by atoms with E-state index in [1.807, 2.05) is 28.8 Å². The van der Waals surface area contributed by atoms with Crippen molar-refractivity contribution in [1.29, 1.82) is 0 Å². The number of halogens is 1. The summed E-state index contributed by atoms with van der Waals surface area (Å²) in [5.74, 6) is 2.72. The SMILES string of the molecule is CN=C(NCCCc1nnc2ccccn12)NCCc1ccc(C)c(OC)c1.I. The Morgan fingerprint density at radius 3 is 2.72 bits per heavy atom. The van der Waals surface area contributed by atoms with E-state index in [1.165, 1.54) is 5.56 Å². The fourth-order valence-electron chi connectivity index (χ4n) is 3.08. The number of guanidine groups is 1. The maximum absolute atomic E-state index is 5.39. The molecule has 8 heteroatoms. The van der Waals surface area contributed by atoms with Gasteiger partial charge in [-0.2, -0.15) is 0 Å². The van der Waals surface area contributed by atoms with E-state index in [-0.39, 0.29) is 24.0 Å². The van der Waals surface area contributed by atoms with Crippen molar-refractivity contribution < 1.29 is 4.74 Å². The smallest absolute Gasteiger partial charge is 0.190 e. The number of ether oxygens (including phenoxy) is 1. The number of pyridine rings is 1. The zero-order chi connectivity index (χ0) is 19.8. The Balaban J connectivity index is 0.00000300. The number of aryl methyl sites for hydroxylation is 2. The lowest BCUT2D eigenvalue weighted by atomic mass is 10.1. The average molecular weight is 508 g/mol. The van der Waals surface area contributed by atoms with Gasteiger partial charge >= 0.3 is 0 Å². The van der Waals surface area contributed by atoms with Gasteiger partial charge in [0.05, 0.1) is 7.11 Å². The van der Waals surface area contributed by atoms with Crippen LogP contribution in [0.25, 0.3) is 5.65 Å². The summed E-state index contributed by atoms with van der Waals surface area (Å²) in [4.78, 5) is 4.29. The van der Waals surface area contributed by atoms with Crippen LogP contribution < -0.4 is 15.4 Å². The maximum atomic E-state index is 5.39. The Hall–Kier alpha value is -2.36. The first-order valence-electron chi connectivity index (χ1n) is 9.58. The van der Waals surface area contributed by atoms with Crippen molar-refractivity contribution in [2.75, 3.05) is 27.2 Å². The molecule has 2 aromatic heterocycles. The molecule has 2 heterocycles. The van der Waals surface area contributed by atoms with E-state index in [2.05, 4.69) is 50.9 Å². The van der Waals surface area contributed by atoms with Crippen molar-refractivity contribution in [3.8, 4) is 5.75 Å². The summed E-state index contributed by atoms with van der Waals surface area (Å²) in [6.07, 6.45) is 4.71. The van der Waals surface area contributed by atoms with Gasteiger partial charge in [-0.3, -0.25) is 9.39 Å². The molecular weight excluding hydrogens is 479 g/mol. The third-order valence-corrected chi connectivity index (χ3v) is 4.66. The minimum atomic E-state index is 0. The van der Waals surface area contributed by atoms with Crippen molar-refractivity contribution in [2.45, 2.75) is 26.2 Å². The molecule has 156 valence electrons. The lowest BCUT2D eigenvalue weighted by molar-refractivity contribution is 0.411. The molecule has 0 saturated carbocycles.